The maximum Gasteiger partial charge on any atom is 0.407 e. The number of rotatable bonds is 20. The van der Waals surface area contributed by atoms with Crippen molar-refractivity contribution >= 4 is 12.1 Å². The molecule has 1 amide bonds. The summed E-state index contributed by atoms with van der Waals surface area (Å²) < 4.78 is 9.91. The van der Waals surface area contributed by atoms with Crippen LogP contribution in [0, 0.1) is 0 Å². The molecule has 0 bridgehead atoms. The van der Waals surface area contributed by atoms with Crippen LogP contribution in [-0.4, -0.2) is 31.8 Å². The summed E-state index contributed by atoms with van der Waals surface area (Å²) in [6, 6.07) is 0. The summed E-state index contributed by atoms with van der Waals surface area (Å²) in [5, 5.41) is 2.49. The predicted octanol–water partition coefficient (Wildman–Crippen LogP) is 6.31. The van der Waals surface area contributed by atoms with Crippen molar-refractivity contribution in [3.05, 3.63) is 12.7 Å². The SMILES string of the molecule is C=CCOC(=O)NCCC(=O)OCCCCCCCCCCCCCCCC. The Kier molecular flexibility index (Phi) is 20.6. The van der Waals surface area contributed by atoms with Crippen LogP contribution in [0.3, 0.4) is 0 Å². The topological polar surface area (TPSA) is 64.6 Å². The number of hydrogen-bond donors (Lipinski definition) is 1. The Bertz CT molecular complexity index is 385. The Labute approximate surface area is 172 Å². The van der Waals surface area contributed by atoms with Crippen LogP contribution in [0.5, 0.6) is 0 Å². The van der Waals surface area contributed by atoms with Gasteiger partial charge in [-0.05, 0) is 6.42 Å². The quantitative estimate of drug-likeness (QED) is 0.148. The van der Waals surface area contributed by atoms with Crippen LogP contribution in [0.15, 0.2) is 12.7 Å². The van der Waals surface area contributed by atoms with E-state index in [1.54, 1.807) is 0 Å². The summed E-state index contributed by atoms with van der Waals surface area (Å²) in [4.78, 5) is 22.7. The van der Waals surface area contributed by atoms with Crippen LogP contribution in [-0.2, 0) is 14.3 Å². The minimum absolute atomic E-state index is 0.162. The summed E-state index contributed by atoms with van der Waals surface area (Å²) in [5.41, 5.74) is 0. The lowest BCUT2D eigenvalue weighted by atomic mass is 10.0. The fourth-order valence-electron chi connectivity index (χ4n) is 3.01. The average Bonchev–Trinajstić information content (AvgIpc) is 2.69. The molecule has 0 aromatic carbocycles. The van der Waals surface area contributed by atoms with E-state index in [9.17, 15) is 9.59 Å². The maximum absolute atomic E-state index is 11.5. The number of carbonyl (C=O) groups excluding carboxylic acids is 2. The van der Waals surface area contributed by atoms with Gasteiger partial charge in [0.25, 0.3) is 0 Å². The normalized spacial score (nSPS) is 10.5. The number of alkyl carbamates (subject to hydrolysis) is 1. The van der Waals surface area contributed by atoms with Crippen LogP contribution in [0.2, 0.25) is 0 Å². The van der Waals surface area contributed by atoms with E-state index in [1.807, 2.05) is 0 Å². The van der Waals surface area contributed by atoms with Gasteiger partial charge in [-0.25, -0.2) is 4.79 Å². The molecule has 0 fully saturated rings. The molecule has 0 spiro atoms. The van der Waals surface area contributed by atoms with Crippen molar-refractivity contribution in [2.24, 2.45) is 0 Å². The molecule has 0 saturated heterocycles. The van der Waals surface area contributed by atoms with Crippen LogP contribution in [0.1, 0.15) is 103 Å². The molecule has 0 aliphatic carbocycles. The summed E-state index contributed by atoms with van der Waals surface area (Å²) >= 11 is 0. The number of nitrogens with one attached hydrogen (secondary N) is 1. The molecule has 0 aliphatic heterocycles. The molecular formula is C23H43NO4. The molecule has 0 unspecified atom stereocenters. The fraction of sp³-hybridized carbons (Fsp3) is 0.826. The molecule has 1 N–H and O–H groups in total. The first kappa shape index (κ1) is 26.5. The molecule has 0 heterocycles. The summed E-state index contributed by atoms with van der Waals surface area (Å²) in [7, 11) is 0. The van der Waals surface area contributed by atoms with E-state index >= 15 is 0 Å². The highest BCUT2D eigenvalue weighted by atomic mass is 16.5. The number of esters is 1. The van der Waals surface area contributed by atoms with Crippen LogP contribution in [0.25, 0.3) is 0 Å². The van der Waals surface area contributed by atoms with Gasteiger partial charge in [-0.15, -0.1) is 0 Å². The zero-order valence-electron chi connectivity index (χ0n) is 18.1. The van der Waals surface area contributed by atoms with Gasteiger partial charge in [-0.3, -0.25) is 4.79 Å². The van der Waals surface area contributed by atoms with E-state index in [1.165, 1.54) is 83.1 Å². The third kappa shape index (κ3) is 20.8. The van der Waals surface area contributed by atoms with Crippen molar-refractivity contribution in [3.8, 4) is 0 Å². The molecule has 164 valence electrons. The van der Waals surface area contributed by atoms with Crippen molar-refractivity contribution in [3.63, 3.8) is 0 Å². The zero-order valence-corrected chi connectivity index (χ0v) is 18.1. The van der Waals surface area contributed by atoms with Gasteiger partial charge in [0.1, 0.15) is 6.61 Å². The molecule has 28 heavy (non-hydrogen) atoms. The van der Waals surface area contributed by atoms with Crippen LogP contribution >= 0.6 is 0 Å². The lowest BCUT2D eigenvalue weighted by Gasteiger charge is -2.06. The third-order valence-corrected chi connectivity index (χ3v) is 4.69. The Morgan fingerprint density at radius 1 is 0.786 bits per heavy atom. The molecule has 0 saturated carbocycles. The molecular weight excluding hydrogens is 354 g/mol. The van der Waals surface area contributed by atoms with E-state index in [2.05, 4.69) is 18.8 Å². The Morgan fingerprint density at radius 2 is 1.29 bits per heavy atom. The van der Waals surface area contributed by atoms with E-state index in [0.717, 1.165) is 12.8 Å². The van der Waals surface area contributed by atoms with Crippen molar-refractivity contribution in [2.45, 2.75) is 103 Å². The molecule has 0 rings (SSSR count). The van der Waals surface area contributed by atoms with Gasteiger partial charge in [0.15, 0.2) is 0 Å². The first-order chi connectivity index (χ1) is 13.7. The zero-order chi connectivity index (χ0) is 20.7. The van der Waals surface area contributed by atoms with E-state index in [0.29, 0.717) is 6.61 Å². The standard InChI is InChI=1S/C23H43NO4/c1-3-5-6-7-8-9-10-11-12-13-14-15-16-17-21-27-22(25)18-19-24-23(26)28-20-4-2/h4H,2-3,5-21H2,1H3,(H,24,26). The van der Waals surface area contributed by atoms with Gasteiger partial charge in [-0.2, -0.15) is 0 Å². The number of carbonyl (C=O) groups is 2. The van der Waals surface area contributed by atoms with Crippen LogP contribution in [0.4, 0.5) is 4.79 Å². The van der Waals surface area contributed by atoms with Gasteiger partial charge in [0.2, 0.25) is 0 Å². The second-order valence-electron chi connectivity index (χ2n) is 7.38. The Balaban J connectivity index is 3.21. The van der Waals surface area contributed by atoms with Crippen molar-refractivity contribution < 1.29 is 19.1 Å². The highest BCUT2D eigenvalue weighted by Gasteiger charge is 2.05. The number of unbranched alkanes of at least 4 members (excludes halogenated alkanes) is 13. The second-order valence-corrected chi connectivity index (χ2v) is 7.38. The van der Waals surface area contributed by atoms with E-state index in [-0.39, 0.29) is 25.5 Å². The van der Waals surface area contributed by atoms with Gasteiger partial charge in [0, 0.05) is 6.54 Å². The van der Waals surface area contributed by atoms with Gasteiger partial charge >= 0.3 is 12.1 Å². The molecule has 0 aromatic heterocycles. The second kappa shape index (κ2) is 21.8. The largest absolute Gasteiger partial charge is 0.466 e. The highest BCUT2D eigenvalue weighted by molar-refractivity contribution is 5.71. The molecule has 5 heteroatoms. The van der Waals surface area contributed by atoms with E-state index in [4.69, 9.17) is 9.47 Å². The highest BCUT2D eigenvalue weighted by Crippen LogP contribution is 2.12. The van der Waals surface area contributed by atoms with Crippen LogP contribution < -0.4 is 5.32 Å². The lowest BCUT2D eigenvalue weighted by Crippen LogP contribution is -2.27. The first-order valence-electron chi connectivity index (χ1n) is 11.4. The summed E-state index contributed by atoms with van der Waals surface area (Å²) in [6.45, 7) is 6.58. The molecule has 0 aromatic rings. The molecule has 0 atom stereocenters. The molecule has 0 aliphatic rings. The summed E-state index contributed by atoms with van der Waals surface area (Å²) in [5.74, 6) is -0.279. The number of ether oxygens (including phenoxy) is 2. The first-order valence-corrected chi connectivity index (χ1v) is 11.4. The van der Waals surface area contributed by atoms with Gasteiger partial charge < -0.3 is 14.8 Å². The van der Waals surface area contributed by atoms with E-state index < -0.39 is 6.09 Å². The fourth-order valence-corrected chi connectivity index (χ4v) is 3.01. The van der Waals surface area contributed by atoms with Gasteiger partial charge in [0.05, 0.1) is 13.0 Å². The minimum Gasteiger partial charge on any atom is -0.466 e. The molecule has 5 nitrogen and oxygen atoms in total. The monoisotopic (exact) mass is 397 g/mol. The average molecular weight is 398 g/mol. The Hall–Kier alpha value is -1.52. The van der Waals surface area contributed by atoms with Crippen molar-refractivity contribution in [1.82, 2.24) is 5.32 Å². The smallest absolute Gasteiger partial charge is 0.407 e. The number of amides is 1. The van der Waals surface area contributed by atoms with Crippen molar-refractivity contribution in [2.75, 3.05) is 19.8 Å². The summed E-state index contributed by atoms with van der Waals surface area (Å²) in [6.07, 6.45) is 19.4. The third-order valence-electron chi connectivity index (χ3n) is 4.69. The lowest BCUT2D eigenvalue weighted by molar-refractivity contribution is -0.143. The maximum atomic E-state index is 11.5. The molecule has 0 radical (unpaired) electrons. The Morgan fingerprint density at radius 3 is 1.79 bits per heavy atom. The minimum atomic E-state index is -0.542. The number of hydrogen-bond acceptors (Lipinski definition) is 4. The van der Waals surface area contributed by atoms with Crippen molar-refractivity contribution in [1.29, 1.82) is 0 Å². The predicted molar refractivity (Wildman–Crippen MR) is 115 cm³/mol. The van der Waals surface area contributed by atoms with Gasteiger partial charge in [-0.1, -0.05) is 103 Å².